The van der Waals surface area contributed by atoms with Gasteiger partial charge in [-0.2, -0.15) is 0 Å². The van der Waals surface area contributed by atoms with E-state index in [9.17, 15) is 14.9 Å². The molecule has 1 saturated heterocycles. The Morgan fingerprint density at radius 1 is 1.38 bits per heavy atom. The molecule has 0 radical (unpaired) electrons. The van der Waals surface area contributed by atoms with E-state index in [4.69, 9.17) is 0 Å². The number of carbonyl (C=O) groups excluding carboxylic acids is 1. The van der Waals surface area contributed by atoms with Crippen molar-refractivity contribution >= 4 is 33.2 Å². The molecule has 7 heteroatoms. The lowest BCUT2D eigenvalue weighted by Gasteiger charge is -2.27. The Bertz CT molecular complexity index is 557. The number of aryl methyl sites for hydroxylation is 1. The number of nitrogens with zero attached hydrogens (tertiary/aromatic N) is 2. The van der Waals surface area contributed by atoms with Gasteiger partial charge in [0.15, 0.2) is 0 Å². The summed E-state index contributed by atoms with van der Waals surface area (Å²) in [5, 5.41) is 13.9. The smallest absolute Gasteiger partial charge is 0.273 e. The van der Waals surface area contributed by atoms with Crippen LogP contribution in [-0.4, -0.2) is 35.4 Å². The summed E-state index contributed by atoms with van der Waals surface area (Å²) in [7, 11) is 0. The Hall–Kier alpha value is -1.63. The lowest BCUT2D eigenvalue weighted by molar-refractivity contribution is -0.385. The number of nitro benzene ring substituents is 1. The molecule has 1 heterocycles. The van der Waals surface area contributed by atoms with Gasteiger partial charge in [-0.25, -0.2) is 0 Å². The van der Waals surface area contributed by atoms with E-state index in [1.54, 1.807) is 13.0 Å². The maximum absolute atomic E-state index is 12.1. The molecule has 6 nitrogen and oxygen atoms in total. The van der Waals surface area contributed by atoms with Crippen LogP contribution >= 0.6 is 15.9 Å². The molecule has 1 aromatic rings. The molecule has 0 saturated carbocycles. The first-order valence-electron chi connectivity index (χ1n) is 6.95. The fourth-order valence-electron chi connectivity index (χ4n) is 2.43. The molecule has 0 unspecified atom stereocenters. The van der Waals surface area contributed by atoms with Crippen molar-refractivity contribution in [1.29, 1.82) is 0 Å². The number of amides is 1. The minimum absolute atomic E-state index is 0.0646. The van der Waals surface area contributed by atoms with Gasteiger partial charge in [0.25, 0.3) is 5.69 Å². The van der Waals surface area contributed by atoms with Crippen molar-refractivity contribution in [3.05, 3.63) is 32.3 Å². The van der Waals surface area contributed by atoms with E-state index >= 15 is 0 Å². The molecule has 0 spiro atoms. The summed E-state index contributed by atoms with van der Waals surface area (Å²) in [6.45, 7) is 3.53. The van der Waals surface area contributed by atoms with Crippen LogP contribution in [0.1, 0.15) is 24.8 Å². The molecule has 0 aromatic heterocycles. The SMILES string of the molecule is Cc1cc(NCC(=O)N2CCCCC2)c(Br)cc1[N+](=O)[O-]. The number of anilines is 1. The fraction of sp³-hybridized carbons (Fsp3) is 0.500. The van der Waals surface area contributed by atoms with Crippen molar-refractivity contribution < 1.29 is 9.72 Å². The number of halogens is 1. The van der Waals surface area contributed by atoms with Crippen LogP contribution < -0.4 is 5.32 Å². The third-order valence-electron chi connectivity index (χ3n) is 3.62. The van der Waals surface area contributed by atoms with Gasteiger partial charge in [-0.15, -0.1) is 0 Å². The molecule has 1 aliphatic rings. The average Bonchev–Trinajstić information content (AvgIpc) is 2.48. The summed E-state index contributed by atoms with van der Waals surface area (Å²) in [4.78, 5) is 24.4. The number of hydrogen-bond donors (Lipinski definition) is 1. The van der Waals surface area contributed by atoms with Gasteiger partial charge in [0, 0.05) is 34.9 Å². The second-order valence-corrected chi connectivity index (χ2v) is 6.02. The lowest BCUT2D eigenvalue weighted by atomic mass is 10.1. The molecular formula is C14H18BrN3O3. The zero-order chi connectivity index (χ0) is 15.4. The lowest BCUT2D eigenvalue weighted by Crippen LogP contribution is -2.39. The highest BCUT2D eigenvalue weighted by Crippen LogP contribution is 2.30. The zero-order valence-electron chi connectivity index (χ0n) is 11.9. The molecule has 2 rings (SSSR count). The van der Waals surface area contributed by atoms with Crippen molar-refractivity contribution in [2.24, 2.45) is 0 Å². The molecule has 0 aliphatic carbocycles. The van der Waals surface area contributed by atoms with Crippen LogP contribution in [0.5, 0.6) is 0 Å². The largest absolute Gasteiger partial charge is 0.375 e. The predicted molar refractivity (Wildman–Crippen MR) is 84.5 cm³/mol. The van der Waals surface area contributed by atoms with Crippen LogP contribution in [-0.2, 0) is 4.79 Å². The Kier molecular flexibility index (Phi) is 5.17. The fourth-order valence-corrected chi connectivity index (χ4v) is 2.90. The van der Waals surface area contributed by atoms with Crippen LogP contribution in [0.25, 0.3) is 0 Å². The highest BCUT2D eigenvalue weighted by Gasteiger charge is 2.18. The third kappa shape index (κ3) is 3.93. The summed E-state index contributed by atoms with van der Waals surface area (Å²) >= 11 is 3.30. The van der Waals surface area contributed by atoms with Gasteiger partial charge >= 0.3 is 0 Å². The Morgan fingerprint density at radius 3 is 2.67 bits per heavy atom. The van der Waals surface area contributed by atoms with Gasteiger partial charge in [-0.1, -0.05) is 0 Å². The first-order valence-corrected chi connectivity index (χ1v) is 7.74. The second-order valence-electron chi connectivity index (χ2n) is 5.17. The number of hydrogen-bond acceptors (Lipinski definition) is 4. The number of benzene rings is 1. The van der Waals surface area contributed by atoms with Crippen molar-refractivity contribution in [2.75, 3.05) is 25.0 Å². The summed E-state index contributed by atoms with van der Waals surface area (Å²) in [6, 6.07) is 3.15. The minimum atomic E-state index is -0.414. The Labute approximate surface area is 131 Å². The Balaban J connectivity index is 2.01. The van der Waals surface area contributed by atoms with Crippen molar-refractivity contribution in [3.63, 3.8) is 0 Å². The van der Waals surface area contributed by atoms with E-state index in [0.29, 0.717) is 15.7 Å². The number of nitrogens with one attached hydrogen (secondary N) is 1. The quantitative estimate of drug-likeness (QED) is 0.665. The molecule has 1 aromatic carbocycles. The van der Waals surface area contributed by atoms with Crippen LogP contribution in [0.2, 0.25) is 0 Å². The van der Waals surface area contributed by atoms with E-state index in [0.717, 1.165) is 25.9 Å². The summed E-state index contributed by atoms with van der Waals surface area (Å²) in [5.74, 6) is 0.0672. The normalized spacial score (nSPS) is 14.9. The standard InChI is InChI=1S/C14H18BrN3O3/c1-10-7-12(11(15)8-13(10)18(20)21)16-9-14(19)17-5-3-2-4-6-17/h7-8,16H,2-6,9H2,1H3. The van der Waals surface area contributed by atoms with Gasteiger partial charge in [0.2, 0.25) is 5.91 Å². The topological polar surface area (TPSA) is 75.5 Å². The number of carbonyl (C=O) groups is 1. The molecule has 1 N–H and O–H groups in total. The highest BCUT2D eigenvalue weighted by molar-refractivity contribution is 9.10. The van der Waals surface area contributed by atoms with E-state index in [1.165, 1.54) is 12.5 Å². The van der Waals surface area contributed by atoms with Gasteiger partial charge in [0.1, 0.15) is 0 Å². The molecule has 21 heavy (non-hydrogen) atoms. The maximum Gasteiger partial charge on any atom is 0.273 e. The third-order valence-corrected chi connectivity index (χ3v) is 4.28. The van der Waals surface area contributed by atoms with Gasteiger partial charge in [-0.3, -0.25) is 14.9 Å². The second kappa shape index (κ2) is 6.89. The highest BCUT2D eigenvalue weighted by atomic mass is 79.9. The molecular weight excluding hydrogens is 338 g/mol. The summed E-state index contributed by atoms with van der Waals surface area (Å²) < 4.78 is 0.589. The van der Waals surface area contributed by atoms with Crippen LogP contribution in [0, 0.1) is 17.0 Å². The minimum Gasteiger partial charge on any atom is -0.375 e. The van der Waals surface area contributed by atoms with Crippen molar-refractivity contribution in [2.45, 2.75) is 26.2 Å². The van der Waals surface area contributed by atoms with E-state index in [1.807, 2.05) is 4.90 Å². The van der Waals surface area contributed by atoms with E-state index in [2.05, 4.69) is 21.2 Å². The van der Waals surface area contributed by atoms with Crippen LogP contribution in [0.4, 0.5) is 11.4 Å². The molecule has 1 aliphatic heterocycles. The summed E-state index contributed by atoms with van der Waals surface area (Å²) in [6.07, 6.45) is 3.31. The number of piperidine rings is 1. The Morgan fingerprint density at radius 2 is 2.05 bits per heavy atom. The van der Waals surface area contributed by atoms with Crippen LogP contribution in [0.3, 0.4) is 0 Å². The van der Waals surface area contributed by atoms with E-state index < -0.39 is 4.92 Å². The van der Waals surface area contributed by atoms with Gasteiger partial charge < -0.3 is 10.2 Å². The van der Waals surface area contributed by atoms with Crippen LogP contribution in [0.15, 0.2) is 16.6 Å². The number of nitro groups is 1. The molecule has 1 fully saturated rings. The first kappa shape index (κ1) is 15.8. The zero-order valence-corrected chi connectivity index (χ0v) is 13.5. The van der Waals surface area contributed by atoms with Gasteiger partial charge in [0.05, 0.1) is 11.5 Å². The molecule has 1 amide bonds. The average molecular weight is 356 g/mol. The van der Waals surface area contributed by atoms with E-state index in [-0.39, 0.29) is 18.1 Å². The monoisotopic (exact) mass is 355 g/mol. The molecule has 114 valence electrons. The predicted octanol–water partition coefficient (Wildman–Crippen LogP) is 3.09. The van der Waals surface area contributed by atoms with Crippen molar-refractivity contribution in [1.82, 2.24) is 4.90 Å². The maximum atomic E-state index is 12.1. The molecule has 0 atom stereocenters. The molecule has 0 bridgehead atoms. The number of rotatable bonds is 4. The number of likely N-dealkylation sites (tertiary alicyclic amines) is 1. The van der Waals surface area contributed by atoms with Crippen molar-refractivity contribution in [3.8, 4) is 0 Å². The van der Waals surface area contributed by atoms with Gasteiger partial charge in [-0.05, 0) is 48.2 Å². The summed E-state index contributed by atoms with van der Waals surface area (Å²) in [5.41, 5.74) is 1.33. The first-order chi connectivity index (χ1) is 9.99.